The molecular weight excluding hydrogens is 390 g/mol. The molecule has 154 valence electrons. The van der Waals surface area contributed by atoms with Crippen LogP contribution in [0.25, 0.3) is 0 Å². The number of hydrogen-bond donors (Lipinski definition) is 1. The Kier molecular flexibility index (Phi) is 5.45. The van der Waals surface area contributed by atoms with E-state index in [0.717, 1.165) is 16.7 Å². The summed E-state index contributed by atoms with van der Waals surface area (Å²) < 4.78 is 0. The fraction of sp³-hybridized carbons (Fsp3) is 0.120. The Morgan fingerprint density at radius 3 is 2.32 bits per heavy atom. The van der Waals surface area contributed by atoms with Gasteiger partial charge in [-0.1, -0.05) is 54.6 Å². The van der Waals surface area contributed by atoms with Crippen molar-refractivity contribution in [2.45, 2.75) is 13.8 Å². The van der Waals surface area contributed by atoms with Crippen LogP contribution >= 0.6 is 0 Å². The lowest BCUT2D eigenvalue weighted by Gasteiger charge is -2.12. The first kappa shape index (κ1) is 20.2. The van der Waals surface area contributed by atoms with Crippen LogP contribution in [0, 0.1) is 19.8 Å². The SMILES string of the molecule is Cc1cc(C)c(/N=C/C2C(=O)N(c3ccccc3)N=C2c2ccccc2)c(C(=O)O)c1. The van der Waals surface area contributed by atoms with E-state index in [-0.39, 0.29) is 11.5 Å². The van der Waals surface area contributed by atoms with E-state index in [4.69, 9.17) is 0 Å². The number of benzene rings is 3. The number of hydrazone groups is 1. The molecular formula is C25H21N3O3. The number of carbonyl (C=O) groups excluding carboxylic acids is 1. The van der Waals surface area contributed by atoms with Crippen LogP contribution in [0.3, 0.4) is 0 Å². The zero-order valence-electron chi connectivity index (χ0n) is 17.2. The van der Waals surface area contributed by atoms with Gasteiger partial charge >= 0.3 is 5.97 Å². The first-order valence-electron chi connectivity index (χ1n) is 9.87. The molecule has 0 fully saturated rings. The van der Waals surface area contributed by atoms with Gasteiger partial charge in [-0.2, -0.15) is 10.1 Å². The zero-order chi connectivity index (χ0) is 22.0. The number of aliphatic imine (C=N–C) groups is 1. The number of aromatic carboxylic acids is 1. The lowest BCUT2D eigenvalue weighted by molar-refractivity contribution is -0.118. The third-order valence-electron chi connectivity index (χ3n) is 5.08. The summed E-state index contributed by atoms with van der Waals surface area (Å²) in [5.41, 5.74) is 4.07. The zero-order valence-corrected chi connectivity index (χ0v) is 17.2. The van der Waals surface area contributed by atoms with Gasteiger partial charge in [-0.05, 0) is 48.7 Å². The van der Waals surface area contributed by atoms with Gasteiger partial charge < -0.3 is 5.11 Å². The van der Waals surface area contributed by atoms with Crippen LogP contribution in [0.1, 0.15) is 27.0 Å². The Hall–Kier alpha value is -4.06. The van der Waals surface area contributed by atoms with E-state index >= 15 is 0 Å². The molecule has 0 aliphatic carbocycles. The first-order valence-corrected chi connectivity index (χ1v) is 9.87. The quantitative estimate of drug-likeness (QED) is 0.614. The molecule has 1 heterocycles. The number of rotatable bonds is 5. The third-order valence-corrected chi connectivity index (χ3v) is 5.08. The third kappa shape index (κ3) is 4.00. The Morgan fingerprint density at radius 1 is 1.03 bits per heavy atom. The fourth-order valence-corrected chi connectivity index (χ4v) is 3.65. The minimum Gasteiger partial charge on any atom is -0.478 e. The average Bonchev–Trinajstić information content (AvgIpc) is 3.10. The van der Waals surface area contributed by atoms with Gasteiger partial charge in [0, 0.05) is 6.21 Å². The fourth-order valence-electron chi connectivity index (χ4n) is 3.65. The summed E-state index contributed by atoms with van der Waals surface area (Å²) in [6.45, 7) is 3.65. The summed E-state index contributed by atoms with van der Waals surface area (Å²) in [5.74, 6) is -2.03. The van der Waals surface area contributed by atoms with E-state index in [1.165, 1.54) is 11.2 Å². The smallest absolute Gasteiger partial charge is 0.337 e. The summed E-state index contributed by atoms with van der Waals surface area (Å²) in [5, 5.41) is 15.6. The van der Waals surface area contributed by atoms with Crippen LogP contribution < -0.4 is 5.01 Å². The summed E-state index contributed by atoms with van der Waals surface area (Å²) >= 11 is 0. The molecule has 0 saturated heterocycles. The first-order chi connectivity index (χ1) is 15.0. The molecule has 1 atom stereocenters. The number of nitrogens with zero attached hydrogens (tertiary/aromatic N) is 3. The molecule has 6 nitrogen and oxygen atoms in total. The highest BCUT2D eigenvalue weighted by Gasteiger charge is 2.36. The van der Waals surface area contributed by atoms with Gasteiger partial charge in [-0.15, -0.1) is 0 Å². The summed E-state index contributed by atoms with van der Waals surface area (Å²) in [4.78, 5) is 29.5. The molecule has 1 N–H and O–H groups in total. The Labute approximate surface area is 180 Å². The normalized spacial score (nSPS) is 16.1. The number of para-hydroxylation sites is 1. The minimum absolute atomic E-state index is 0.109. The monoisotopic (exact) mass is 411 g/mol. The number of carboxylic acids is 1. The van der Waals surface area contributed by atoms with Gasteiger partial charge in [0.2, 0.25) is 0 Å². The van der Waals surface area contributed by atoms with E-state index in [1.807, 2.05) is 80.6 Å². The summed E-state index contributed by atoms with van der Waals surface area (Å²) in [6, 6.07) is 22.1. The standard InChI is InChI=1S/C25H21N3O3/c1-16-13-17(2)22(20(14-16)25(30)31)26-15-21-23(18-9-5-3-6-10-18)27-28(24(21)29)19-11-7-4-8-12-19/h3-15,21H,1-2H3,(H,30,31)/b26-15+. The molecule has 0 bridgehead atoms. The molecule has 1 amide bonds. The predicted octanol–water partition coefficient (Wildman–Crippen LogP) is 4.77. The van der Waals surface area contributed by atoms with E-state index in [1.54, 1.807) is 6.07 Å². The van der Waals surface area contributed by atoms with Crippen molar-refractivity contribution in [3.05, 3.63) is 95.1 Å². The van der Waals surface area contributed by atoms with Gasteiger partial charge in [-0.25, -0.2) is 4.79 Å². The Morgan fingerprint density at radius 2 is 1.68 bits per heavy atom. The highest BCUT2D eigenvalue weighted by Crippen LogP contribution is 2.29. The lowest BCUT2D eigenvalue weighted by Crippen LogP contribution is -2.28. The van der Waals surface area contributed by atoms with Crippen LogP contribution in [0.5, 0.6) is 0 Å². The molecule has 31 heavy (non-hydrogen) atoms. The average molecular weight is 411 g/mol. The number of carbonyl (C=O) groups is 2. The molecule has 3 aromatic rings. The van der Waals surface area contributed by atoms with Gasteiger partial charge in [0.15, 0.2) is 0 Å². The van der Waals surface area contributed by atoms with Gasteiger partial charge in [0.1, 0.15) is 5.92 Å². The summed E-state index contributed by atoms with van der Waals surface area (Å²) in [7, 11) is 0. The van der Waals surface area contributed by atoms with Crippen molar-refractivity contribution in [2.24, 2.45) is 16.0 Å². The van der Waals surface area contributed by atoms with Crippen LogP contribution in [0.2, 0.25) is 0 Å². The van der Waals surface area contributed by atoms with Crippen LogP contribution in [-0.4, -0.2) is 28.9 Å². The number of hydrogen-bond acceptors (Lipinski definition) is 4. The van der Waals surface area contributed by atoms with Crippen molar-refractivity contribution < 1.29 is 14.7 Å². The van der Waals surface area contributed by atoms with E-state index in [0.29, 0.717) is 17.1 Å². The second-order valence-electron chi connectivity index (χ2n) is 7.38. The van der Waals surface area contributed by atoms with Gasteiger partial charge in [-0.3, -0.25) is 9.79 Å². The lowest BCUT2D eigenvalue weighted by atomic mass is 9.97. The molecule has 0 spiro atoms. The van der Waals surface area contributed by atoms with Crippen molar-refractivity contribution in [3.63, 3.8) is 0 Å². The maximum absolute atomic E-state index is 13.3. The topological polar surface area (TPSA) is 82.3 Å². The van der Waals surface area contributed by atoms with E-state index in [2.05, 4.69) is 10.1 Å². The van der Waals surface area contributed by atoms with Gasteiger partial charge in [0.05, 0.1) is 22.6 Å². The van der Waals surface area contributed by atoms with E-state index < -0.39 is 11.9 Å². The van der Waals surface area contributed by atoms with Crippen LogP contribution in [0.15, 0.2) is 82.9 Å². The van der Waals surface area contributed by atoms with Gasteiger partial charge in [0.25, 0.3) is 5.91 Å². The van der Waals surface area contributed by atoms with Crippen molar-refractivity contribution in [1.29, 1.82) is 0 Å². The van der Waals surface area contributed by atoms with Crippen LogP contribution in [0.4, 0.5) is 11.4 Å². The molecule has 4 rings (SSSR count). The second-order valence-corrected chi connectivity index (χ2v) is 7.38. The molecule has 1 aliphatic heterocycles. The predicted molar refractivity (Wildman–Crippen MR) is 121 cm³/mol. The van der Waals surface area contributed by atoms with Crippen molar-refractivity contribution >= 4 is 35.2 Å². The number of anilines is 1. The van der Waals surface area contributed by atoms with Crippen molar-refractivity contribution in [3.8, 4) is 0 Å². The van der Waals surface area contributed by atoms with Crippen molar-refractivity contribution in [2.75, 3.05) is 5.01 Å². The molecule has 0 radical (unpaired) electrons. The highest BCUT2D eigenvalue weighted by atomic mass is 16.4. The molecule has 0 aromatic heterocycles. The number of aryl methyl sites for hydroxylation is 2. The highest BCUT2D eigenvalue weighted by molar-refractivity contribution is 6.29. The maximum Gasteiger partial charge on any atom is 0.337 e. The second kappa shape index (κ2) is 8.36. The molecule has 1 unspecified atom stereocenters. The van der Waals surface area contributed by atoms with Crippen LogP contribution in [-0.2, 0) is 4.79 Å². The largest absolute Gasteiger partial charge is 0.478 e. The maximum atomic E-state index is 13.3. The molecule has 6 heteroatoms. The minimum atomic E-state index is -1.06. The Bertz CT molecular complexity index is 1200. The number of carboxylic acid groups (broad SMARTS) is 1. The van der Waals surface area contributed by atoms with E-state index in [9.17, 15) is 14.7 Å². The molecule has 0 saturated carbocycles. The number of amides is 1. The van der Waals surface area contributed by atoms with Crippen molar-refractivity contribution in [1.82, 2.24) is 0 Å². The summed E-state index contributed by atoms with van der Waals surface area (Å²) in [6.07, 6.45) is 1.50. The Balaban J connectivity index is 1.77. The molecule has 1 aliphatic rings. The molecule has 3 aromatic carbocycles.